The van der Waals surface area contributed by atoms with Crippen LogP contribution in [0, 0.1) is 12.3 Å². The highest BCUT2D eigenvalue weighted by atomic mass is 127. The predicted molar refractivity (Wildman–Crippen MR) is 131 cm³/mol. The second-order valence-corrected chi connectivity index (χ2v) is 7.94. The van der Waals surface area contributed by atoms with Crippen LogP contribution in [0.25, 0.3) is 0 Å². The van der Waals surface area contributed by atoms with Crippen molar-refractivity contribution in [1.29, 1.82) is 0 Å². The number of rotatable bonds is 6. The third kappa shape index (κ3) is 9.11. The summed E-state index contributed by atoms with van der Waals surface area (Å²) in [6.45, 7) is 8.15. The molecule has 0 spiro atoms. The predicted octanol–water partition coefficient (Wildman–Crippen LogP) is 3.03. The van der Waals surface area contributed by atoms with Crippen LogP contribution in [0.15, 0.2) is 29.3 Å². The van der Waals surface area contributed by atoms with Gasteiger partial charge in [0.05, 0.1) is 6.04 Å². The zero-order valence-electron chi connectivity index (χ0n) is 18.2. The molecule has 1 aliphatic rings. The zero-order valence-corrected chi connectivity index (χ0v) is 20.6. The molecule has 2 N–H and O–H groups in total. The van der Waals surface area contributed by atoms with Gasteiger partial charge in [-0.2, -0.15) is 0 Å². The normalized spacial score (nSPS) is 16.3. The molecule has 0 unspecified atom stereocenters. The highest BCUT2D eigenvalue weighted by Crippen LogP contribution is 2.13. The molecule has 0 radical (unpaired) electrons. The summed E-state index contributed by atoms with van der Waals surface area (Å²) in [5.41, 5.74) is 0.706. The van der Waals surface area contributed by atoms with Gasteiger partial charge in [0.2, 0.25) is 0 Å². The minimum absolute atomic E-state index is 0. The number of alkyl carbamates (subject to hydrolysis) is 1. The molecule has 0 bridgehead atoms. The van der Waals surface area contributed by atoms with E-state index in [2.05, 4.69) is 26.4 Å². The Morgan fingerprint density at radius 1 is 1.33 bits per heavy atom. The first-order valence-corrected chi connectivity index (χ1v) is 9.91. The van der Waals surface area contributed by atoms with E-state index >= 15 is 0 Å². The summed E-state index contributed by atoms with van der Waals surface area (Å²) in [4.78, 5) is 18.5. The van der Waals surface area contributed by atoms with E-state index in [-0.39, 0.29) is 42.7 Å². The number of carbonyl (C=O) groups is 1. The fourth-order valence-corrected chi connectivity index (χ4v) is 3.07. The van der Waals surface area contributed by atoms with E-state index in [1.165, 1.54) is 5.56 Å². The number of carbonyl (C=O) groups excluding carboxylic acids is 1. The SMILES string of the molecule is C#CCOc1ccc(CCNC(=NC)N2CC[C@@H](NC(=O)OC(C)(C)C)C2)cc1.I. The van der Waals surface area contributed by atoms with Crippen LogP contribution >= 0.6 is 24.0 Å². The smallest absolute Gasteiger partial charge is 0.407 e. The maximum Gasteiger partial charge on any atom is 0.407 e. The lowest BCUT2D eigenvalue weighted by Gasteiger charge is -2.23. The number of hydrogen-bond donors (Lipinski definition) is 2. The molecule has 8 heteroatoms. The Labute approximate surface area is 197 Å². The van der Waals surface area contributed by atoms with Crippen LogP contribution in [-0.2, 0) is 11.2 Å². The second kappa shape index (κ2) is 12.5. The highest BCUT2D eigenvalue weighted by Gasteiger charge is 2.27. The van der Waals surface area contributed by atoms with Crippen LogP contribution in [0.4, 0.5) is 4.79 Å². The summed E-state index contributed by atoms with van der Waals surface area (Å²) >= 11 is 0. The maximum atomic E-state index is 12.0. The largest absolute Gasteiger partial charge is 0.481 e. The number of hydrogen-bond acceptors (Lipinski definition) is 4. The lowest BCUT2D eigenvalue weighted by atomic mass is 10.1. The molecule has 0 saturated carbocycles. The summed E-state index contributed by atoms with van der Waals surface area (Å²) in [6, 6.07) is 7.97. The third-order valence-electron chi connectivity index (χ3n) is 4.36. The van der Waals surface area contributed by atoms with E-state index in [1.54, 1.807) is 7.05 Å². The Kier molecular flexibility index (Phi) is 10.8. The van der Waals surface area contributed by atoms with E-state index < -0.39 is 5.60 Å². The number of nitrogens with one attached hydrogen (secondary N) is 2. The van der Waals surface area contributed by atoms with Crippen molar-refractivity contribution in [3.8, 4) is 18.1 Å². The summed E-state index contributed by atoms with van der Waals surface area (Å²) in [5, 5.41) is 6.33. The Hall–Kier alpha value is -2.15. The van der Waals surface area contributed by atoms with Gasteiger partial charge in [0, 0.05) is 26.7 Å². The van der Waals surface area contributed by atoms with Crippen molar-refractivity contribution in [1.82, 2.24) is 15.5 Å². The Morgan fingerprint density at radius 2 is 2.03 bits per heavy atom. The highest BCUT2D eigenvalue weighted by molar-refractivity contribution is 14.0. The molecule has 1 fully saturated rings. The van der Waals surface area contributed by atoms with Gasteiger partial charge in [-0.15, -0.1) is 30.4 Å². The van der Waals surface area contributed by atoms with Crippen LogP contribution in [0.1, 0.15) is 32.8 Å². The molecule has 7 nitrogen and oxygen atoms in total. The van der Waals surface area contributed by atoms with Gasteiger partial charge in [-0.1, -0.05) is 18.1 Å². The van der Waals surface area contributed by atoms with Crippen LogP contribution < -0.4 is 15.4 Å². The molecule has 1 amide bonds. The van der Waals surface area contributed by atoms with Crippen molar-refractivity contribution < 1.29 is 14.3 Å². The van der Waals surface area contributed by atoms with E-state index in [0.29, 0.717) is 6.54 Å². The molecular formula is C22H33IN4O3. The zero-order chi connectivity index (χ0) is 21.3. The van der Waals surface area contributed by atoms with E-state index in [0.717, 1.165) is 37.6 Å². The van der Waals surface area contributed by atoms with Gasteiger partial charge in [-0.25, -0.2) is 4.79 Å². The van der Waals surface area contributed by atoms with Gasteiger partial charge in [0.1, 0.15) is 18.0 Å². The van der Waals surface area contributed by atoms with E-state index in [4.69, 9.17) is 15.9 Å². The monoisotopic (exact) mass is 528 g/mol. The molecule has 0 aliphatic carbocycles. The lowest BCUT2D eigenvalue weighted by Crippen LogP contribution is -2.44. The minimum Gasteiger partial charge on any atom is -0.481 e. The second-order valence-electron chi connectivity index (χ2n) is 7.94. The molecule has 1 aromatic carbocycles. The third-order valence-corrected chi connectivity index (χ3v) is 4.36. The van der Waals surface area contributed by atoms with Crippen LogP contribution in [0.3, 0.4) is 0 Å². The van der Waals surface area contributed by atoms with Crippen molar-refractivity contribution in [2.24, 2.45) is 4.99 Å². The standard InChI is InChI=1S/C22H32N4O3.HI/c1-6-15-28-19-9-7-17(8-10-19)11-13-24-20(23-5)26-14-12-18(16-26)25-21(27)29-22(2,3)4;/h1,7-10,18H,11-16H2,2-5H3,(H,23,24)(H,25,27);1H/t18-;/m1./s1. The number of likely N-dealkylation sites (tertiary alicyclic amines) is 1. The Morgan fingerprint density at radius 3 is 2.63 bits per heavy atom. The summed E-state index contributed by atoms with van der Waals surface area (Å²) in [5.74, 6) is 4.07. The summed E-state index contributed by atoms with van der Waals surface area (Å²) in [6.07, 6.45) is 6.55. The number of terminal acetylenes is 1. The molecule has 0 aromatic heterocycles. The van der Waals surface area contributed by atoms with Crippen molar-refractivity contribution in [2.75, 3.05) is 33.3 Å². The fraction of sp³-hybridized carbons (Fsp3) is 0.545. The van der Waals surface area contributed by atoms with Gasteiger partial charge in [-0.3, -0.25) is 4.99 Å². The number of amides is 1. The summed E-state index contributed by atoms with van der Waals surface area (Å²) < 4.78 is 10.7. The summed E-state index contributed by atoms with van der Waals surface area (Å²) in [7, 11) is 1.77. The molecule has 1 saturated heterocycles. The van der Waals surface area contributed by atoms with Crippen LogP contribution in [-0.4, -0.2) is 61.9 Å². The molecule has 166 valence electrons. The Bertz CT molecular complexity index is 738. The number of aliphatic imine (C=N–C) groups is 1. The quantitative estimate of drug-likeness (QED) is 0.257. The van der Waals surface area contributed by atoms with Gasteiger partial charge in [-0.05, 0) is 51.3 Å². The fourth-order valence-electron chi connectivity index (χ4n) is 3.07. The molecule has 1 aliphatic heterocycles. The first-order valence-electron chi connectivity index (χ1n) is 9.91. The van der Waals surface area contributed by atoms with Gasteiger partial charge < -0.3 is 25.0 Å². The van der Waals surface area contributed by atoms with Crippen molar-refractivity contribution in [3.63, 3.8) is 0 Å². The Balaban J connectivity index is 0.00000450. The van der Waals surface area contributed by atoms with E-state index in [1.807, 2.05) is 45.0 Å². The van der Waals surface area contributed by atoms with Crippen LogP contribution in [0.5, 0.6) is 5.75 Å². The number of ether oxygens (including phenoxy) is 2. The average molecular weight is 528 g/mol. The van der Waals surface area contributed by atoms with Gasteiger partial charge >= 0.3 is 6.09 Å². The lowest BCUT2D eigenvalue weighted by molar-refractivity contribution is 0.0507. The first kappa shape index (κ1) is 25.9. The van der Waals surface area contributed by atoms with Crippen molar-refractivity contribution in [2.45, 2.75) is 45.3 Å². The topological polar surface area (TPSA) is 75.2 Å². The van der Waals surface area contributed by atoms with Crippen LogP contribution in [0.2, 0.25) is 0 Å². The molecular weight excluding hydrogens is 495 g/mol. The van der Waals surface area contributed by atoms with Crippen molar-refractivity contribution in [3.05, 3.63) is 29.8 Å². The number of benzene rings is 1. The molecule has 30 heavy (non-hydrogen) atoms. The van der Waals surface area contributed by atoms with Crippen molar-refractivity contribution >= 4 is 36.0 Å². The minimum atomic E-state index is -0.494. The molecule has 1 atom stereocenters. The van der Waals surface area contributed by atoms with Gasteiger partial charge in [0.25, 0.3) is 0 Å². The average Bonchev–Trinajstić information content (AvgIpc) is 3.11. The maximum absolute atomic E-state index is 12.0. The molecule has 1 heterocycles. The number of halogens is 1. The molecule has 1 aromatic rings. The molecule has 2 rings (SSSR count). The number of guanidine groups is 1. The first-order chi connectivity index (χ1) is 13.8. The number of nitrogens with zero attached hydrogens (tertiary/aromatic N) is 2. The van der Waals surface area contributed by atoms with Gasteiger partial charge in [0.15, 0.2) is 5.96 Å². The van der Waals surface area contributed by atoms with E-state index in [9.17, 15) is 4.79 Å².